The molecule has 0 aromatic heterocycles. The van der Waals surface area contributed by atoms with Gasteiger partial charge in [-0.05, 0) is 48.9 Å². The van der Waals surface area contributed by atoms with E-state index in [0.29, 0.717) is 23.6 Å². The molecule has 3 N–H and O–H groups in total. The first-order chi connectivity index (χ1) is 10.9. The largest absolute Gasteiger partial charge is 0.494 e. The van der Waals surface area contributed by atoms with Crippen molar-refractivity contribution in [1.29, 1.82) is 0 Å². The number of amides is 1. The van der Waals surface area contributed by atoms with E-state index in [9.17, 15) is 13.2 Å². The van der Waals surface area contributed by atoms with E-state index in [4.69, 9.17) is 9.88 Å². The van der Waals surface area contributed by atoms with Crippen LogP contribution >= 0.6 is 0 Å². The first-order valence-electron chi connectivity index (χ1n) is 7.07. The van der Waals surface area contributed by atoms with E-state index in [0.717, 1.165) is 6.42 Å². The van der Waals surface area contributed by atoms with Crippen LogP contribution in [-0.2, 0) is 10.0 Å². The topological polar surface area (TPSA) is 98.5 Å². The number of benzene rings is 2. The smallest absolute Gasteiger partial charge is 0.255 e. The number of carbonyl (C=O) groups excluding carboxylic acids is 1. The fourth-order valence-electron chi connectivity index (χ4n) is 1.88. The van der Waals surface area contributed by atoms with Crippen LogP contribution in [-0.4, -0.2) is 20.9 Å². The molecule has 7 heteroatoms. The lowest BCUT2D eigenvalue weighted by atomic mass is 10.2. The fourth-order valence-corrected chi connectivity index (χ4v) is 2.39. The van der Waals surface area contributed by atoms with Crippen LogP contribution in [0.4, 0.5) is 5.69 Å². The Labute approximate surface area is 135 Å². The molecule has 6 nitrogen and oxygen atoms in total. The summed E-state index contributed by atoms with van der Waals surface area (Å²) in [6.45, 7) is 2.59. The van der Waals surface area contributed by atoms with Crippen LogP contribution in [0.1, 0.15) is 23.7 Å². The van der Waals surface area contributed by atoms with Gasteiger partial charge in [-0.1, -0.05) is 13.0 Å². The molecular weight excluding hydrogens is 316 g/mol. The predicted molar refractivity (Wildman–Crippen MR) is 88.0 cm³/mol. The zero-order chi connectivity index (χ0) is 16.9. The molecule has 0 saturated heterocycles. The van der Waals surface area contributed by atoms with Crippen molar-refractivity contribution in [1.82, 2.24) is 0 Å². The van der Waals surface area contributed by atoms with Gasteiger partial charge in [0.15, 0.2) is 0 Å². The van der Waals surface area contributed by atoms with Gasteiger partial charge in [0.1, 0.15) is 5.75 Å². The Bertz CT molecular complexity index is 786. The standard InChI is InChI=1S/C16H18N2O4S/c1-2-10-22-14-5-3-4-12(11-14)16(19)18-13-6-8-15(9-7-13)23(17,20)21/h3-9,11H,2,10H2,1H3,(H,18,19)(H2,17,20,21). The summed E-state index contributed by atoms with van der Waals surface area (Å²) in [5.74, 6) is 0.319. The van der Waals surface area contributed by atoms with Crippen LogP contribution in [0.3, 0.4) is 0 Å². The van der Waals surface area contributed by atoms with Gasteiger partial charge in [0, 0.05) is 11.3 Å². The monoisotopic (exact) mass is 334 g/mol. The van der Waals surface area contributed by atoms with Gasteiger partial charge in [-0.3, -0.25) is 4.79 Å². The Morgan fingerprint density at radius 1 is 1.17 bits per heavy atom. The highest BCUT2D eigenvalue weighted by Gasteiger charge is 2.10. The van der Waals surface area contributed by atoms with Crippen molar-refractivity contribution in [2.45, 2.75) is 18.2 Å². The van der Waals surface area contributed by atoms with E-state index in [1.54, 1.807) is 24.3 Å². The van der Waals surface area contributed by atoms with Gasteiger partial charge in [-0.25, -0.2) is 13.6 Å². The molecule has 2 aromatic carbocycles. The predicted octanol–water partition coefficient (Wildman–Crippen LogP) is 2.38. The van der Waals surface area contributed by atoms with E-state index in [-0.39, 0.29) is 10.8 Å². The van der Waals surface area contributed by atoms with Gasteiger partial charge in [0.2, 0.25) is 10.0 Å². The fraction of sp³-hybridized carbons (Fsp3) is 0.188. The zero-order valence-corrected chi connectivity index (χ0v) is 13.5. The van der Waals surface area contributed by atoms with E-state index < -0.39 is 10.0 Å². The maximum atomic E-state index is 12.2. The number of anilines is 1. The van der Waals surface area contributed by atoms with Crippen molar-refractivity contribution in [3.05, 3.63) is 54.1 Å². The summed E-state index contributed by atoms with van der Waals surface area (Å²) in [4.78, 5) is 12.2. The van der Waals surface area contributed by atoms with E-state index in [1.165, 1.54) is 24.3 Å². The second-order valence-corrected chi connectivity index (χ2v) is 6.46. The van der Waals surface area contributed by atoms with Crippen LogP contribution in [0.5, 0.6) is 5.75 Å². The minimum atomic E-state index is -3.74. The summed E-state index contributed by atoms with van der Waals surface area (Å²) in [5, 5.41) is 7.72. The number of rotatable bonds is 6. The molecule has 0 aliphatic heterocycles. The lowest BCUT2D eigenvalue weighted by molar-refractivity contribution is 0.102. The molecule has 0 saturated carbocycles. The van der Waals surface area contributed by atoms with Crippen LogP contribution in [0, 0.1) is 0 Å². The zero-order valence-electron chi connectivity index (χ0n) is 12.7. The summed E-state index contributed by atoms with van der Waals surface area (Å²) in [6, 6.07) is 12.5. The lowest BCUT2D eigenvalue weighted by Gasteiger charge is -2.08. The number of nitrogens with one attached hydrogen (secondary N) is 1. The van der Waals surface area contributed by atoms with Gasteiger partial charge in [-0.2, -0.15) is 0 Å². The SMILES string of the molecule is CCCOc1cccc(C(=O)Nc2ccc(S(N)(=O)=O)cc2)c1. The number of hydrogen-bond acceptors (Lipinski definition) is 4. The van der Waals surface area contributed by atoms with Crippen molar-refractivity contribution in [3.63, 3.8) is 0 Å². The molecule has 0 aliphatic carbocycles. The highest BCUT2D eigenvalue weighted by molar-refractivity contribution is 7.89. The number of sulfonamides is 1. The number of nitrogens with two attached hydrogens (primary N) is 1. The van der Waals surface area contributed by atoms with Crippen molar-refractivity contribution >= 4 is 21.6 Å². The maximum Gasteiger partial charge on any atom is 0.255 e. The molecule has 2 aromatic rings. The van der Waals surface area contributed by atoms with Crippen LogP contribution in [0.15, 0.2) is 53.4 Å². The first-order valence-corrected chi connectivity index (χ1v) is 8.62. The Morgan fingerprint density at radius 3 is 2.48 bits per heavy atom. The highest BCUT2D eigenvalue weighted by atomic mass is 32.2. The summed E-state index contributed by atoms with van der Waals surface area (Å²) in [7, 11) is -3.74. The molecule has 0 radical (unpaired) electrons. The van der Waals surface area contributed by atoms with Crippen LogP contribution < -0.4 is 15.2 Å². The third-order valence-electron chi connectivity index (χ3n) is 3.01. The minimum Gasteiger partial charge on any atom is -0.494 e. The van der Waals surface area contributed by atoms with Gasteiger partial charge in [0.05, 0.1) is 11.5 Å². The van der Waals surface area contributed by atoms with E-state index >= 15 is 0 Å². The quantitative estimate of drug-likeness (QED) is 0.847. The molecule has 0 unspecified atom stereocenters. The number of hydrogen-bond donors (Lipinski definition) is 2. The summed E-state index contributed by atoms with van der Waals surface area (Å²) in [5.41, 5.74) is 0.927. The second-order valence-electron chi connectivity index (χ2n) is 4.90. The number of ether oxygens (including phenoxy) is 1. The van der Waals surface area contributed by atoms with Gasteiger partial charge >= 0.3 is 0 Å². The summed E-state index contributed by atoms with van der Waals surface area (Å²) >= 11 is 0. The molecule has 0 bridgehead atoms. The van der Waals surface area contributed by atoms with Gasteiger partial charge < -0.3 is 10.1 Å². The Hall–Kier alpha value is -2.38. The minimum absolute atomic E-state index is 0.00883. The maximum absolute atomic E-state index is 12.2. The molecule has 0 fully saturated rings. The van der Waals surface area contributed by atoms with E-state index in [1.807, 2.05) is 6.92 Å². The van der Waals surface area contributed by atoms with Crippen LogP contribution in [0.25, 0.3) is 0 Å². The number of carbonyl (C=O) groups is 1. The summed E-state index contributed by atoms with van der Waals surface area (Å²) < 4.78 is 27.9. The van der Waals surface area contributed by atoms with Crippen molar-refractivity contribution < 1.29 is 17.9 Å². The molecule has 2 rings (SSSR count). The number of primary sulfonamides is 1. The Morgan fingerprint density at radius 2 is 1.87 bits per heavy atom. The lowest BCUT2D eigenvalue weighted by Crippen LogP contribution is -2.14. The van der Waals surface area contributed by atoms with Gasteiger partial charge in [-0.15, -0.1) is 0 Å². The molecule has 23 heavy (non-hydrogen) atoms. The molecule has 1 amide bonds. The Balaban J connectivity index is 2.10. The van der Waals surface area contributed by atoms with Crippen molar-refractivity contribution in [3.8, 4) is 5.75 Å². The Kier molecular flexibility index (Phi) is 5.36. The molecule has 0 atom stereocenters. The molecule has 0 spiro atoms. The first kappa shape index (κ1) is 17.0. The average molecular weight is 334 g/mol. The summed E-state index contributed by atoms with van der Waals surface area (Å²) in [6.07, 6.45) is 0.882. The third kappa shape index (κ3) is 4.80. The highest BCUT2D eigenvalue weighted by Crippen LogP contribution is 2.17. The molecule has 0 aliphatic rings. The molecule has 0 heterocycles. The molecular formula is C16H18N2O4S. The van der Waals surface area contributed by atoms with Crippen LogP contribution in [0.2, 0.25) is 0 Å². The van der Waals surface area contributed by atoms with Crippen molar-refractivity contribution in [2.75, 3.05) is 11.9 Å². The van der Waals surface area contributed by atoms with Gasteiger partial charge in [0.25, 0.3) is 5.91 Å². The van der Waals surface area contributed by atoms with Crippen molar-refractivity contribution in [2.24, 2.45) is 5.14 Å². The second kappa shape index (κ2) is 7.26. The van der Waals surface area contributed by atoms with E-state index in [2.05, 4.69) is 5.32 Å². The normalized spacial score (nSPS) is 11.0. The average Bonchev–Trinajstić information content (AvgIpc) is 2.53. The third-order valence-corrected chi connectivity index (χ3v) is 3.94. The molecule has 122 valence electrons.